The maximum Gasteiger partial charge on any atom is 0.139 e. The molecule has 0 saturated heterocycles. The van der Waals surface area contributed by atoms with Crippen molar-refractivity contribution in [3.8, 4) is 44.5 Å². The molecule has 210 valence electrons. The zero-order valence-corrected chi connectivity index (χ0v) is 26.1. The molecule has 6 nitrogen and oxygen atoms in total. The second-order valence-corrected chi connectivity index (χ2v) is 13.9. The average molecular weight is 641 g/mol. The monoisotopic (exact) mass is 640 g/mol. The van der Waals surface area contributed by atoms with Gasteiger partial charge in [-0.3, -0.25) is 0 Å². The Morgan fingerprint density at radius 3 is 2.55 bits per heavy atom. The van der Waals surface area contributed by atoms with E-state index in [1.807, 2.05) is 29.8 Å². The number of nitrogens with zero attached hydrogens (tertiary/aromatic N) is 4. The molecule has 0 bridgehead atoms. The smallest absolute Gasteiger partial charge is 0.139 e. The van der Waals surface area contributed by atoms with Gasteiger partial charge >= 0.3 is 0 Å². The number of para-hydroxylation sites is 2. The Kier molecular flexibility index (Phi) is 6.19. The van der Waals surface area contributed by atoms with Gasteiger partial charge in [0.05, 0.1) is 11.0 Å². The average Bonchev–Trinajstić information content (AvgIpc) is 3.88. The lowest BCUT2D eigenvalue weighted by Gasteiger charge is -2.20. The molecule has 0 aliphatic rings. The number of rotatable bonds is 6. The quantitative estimate of drug-likeness (QED) is 0.189. The first kappa shape index (κ1) is 25.8. The topological polar surface area (TPSA) is 83.1 Å². The molecular formula is C34H20N6S4. The molecule has 0 aliphatic heterocycles. The van der Waals surface area contributed by atoms with E-state index < -0.39 is 0 Å². The number of aromatic amines is 2. The van der Waals surface area contributed by atoms with Crippen LogP contribution in [0.2, 0.25) is 0 Å². The molecule has 0 fully saturated rings. The summed E-state index contributed by atoms with van der Waals surface area (Å²) in [6.07, 6.45) is 3.68. The lowest BCUT2D eigenvalue weighted by Crippen LogP contribution is -1.98. The highest BCUT2D eigenvalue weighted by molar-refractivity contribution is 7.99. The summed E-state index contributed by atoms with van der Waals surface area (Å²) < 4.78 is 6.82. The molecule has 10 heteroatoms. The Balaban J connectivity index is 1.41. The fourth-order valence-electron chi connectivity index (χ4n) is 5.72. The van der Waals surface area contributed by atoms with Crippen molar-refractivity contribution in [3.05, 3.63) is 108 Å². The first-order chi connectivity index (χ1) is 21.8. The summed E-state index contributed by atoms with van der Waals surface area (Å²) in [7, 11) is 0. The van der Waals surface area contributed by atoms with Gasteiger partial charge < -0.3 is 9.97 Å². The summed E-state index contributed by atoms with van der Waals surface area (Å²) in [6.45, 7) is 0. The molecule has 4 aromatic carbocycles. The fourth-order valence-corrected chi connectivity index (χ4v) is 9.51. The van der Waals surface area contributed by atoms with E-state index in [0.29, 0.717) is 0 Å². The number of hydrogen-bond donors (Lipinski definition) is 2. The first-order valence-corrected chi connectivity index (χ1v) is 17.2. The largest absolute Gasteiger partial charge is 0.345 e. The maximum absolute atomic E-state index is 5.11. The van der Waals surface area contributed by atoms with E-state index in [1.54, 1.807) is 40.6 Å². The zero-order valence-electron chi connectivity index (χ0n) is 22.8. The van der Waals surface area contributed by atoms with Crippen molar-refractivity contribution in [2.45, 2.75) is 9.79 Å². The molecule has 0 atom stereocenters. The number of fused-ring (bicyclic) bond motifs is 3. The van der Waals surface area contributed by atoms with Crippen LogP contribution in [0.5, 0.6) is 0 Å². The Bertz CT molecular complexity index is 2370. The molecule has 9 rings (SSSR count). The molecular weight excluding hydrogens is 621 g/mol. The van der Waals surface area contributed by atoms with E-state index in [1.165, 1.54) is 31.7 Å². The highest BCUT2D eigenvalue weighted by Crippen LogP contribution is 2.52. The summed E-state index contributed by atoms with van der Waals surface area (Å²) in [5.74, 6) is 1.59. The van der Waals surface area contributed by atoms with Gasteiger partial charge in [-0.05, 0) is 64.1 Å². The second kappa shape index (κ2) is 10.5. The SMILES string of the molecule is c1ccc2c(Sc3cc(-c4nc5ccccc5[nH]4)c(-c4cc5sccc5s4)c(-c4ncc[nH]4)c3-c3csnn3)cccc2c1. The number of nitrogens with one attached hydrogen (secondary N) is 2. The zero-order chi connectivity index (χ0) is 29.0. The molecule has 9 aromatic rings. The third-order valence-corrected chi connectivity index (χ3v) is 11.4. The lowest BCUT2D eigenvalue weighted by atomic mass is 9.92. The van der Waals surface area contributed by atoms with Crippen LogP contribution >= 0.6 is 46.0 Å². The van der Waals surface area contributed by atoms with Crippen LogP contribution in [0.4, 0.5) is 0 Å². The van der Waals surface area contributed by atoms with Crippen molar-refractivity contribution in [3.63, 3.8) is 0 Å². The van der Waals surface area contributed by atoms with Gasteiger partial charge in [0.15, 0.2) is 0 Å². The van der Waals surface area contributed by atoms with E-state index in [4.69, 9.17) is 9.97 Å². The molecule has 0 unspecified atom stereocenters. The highest BCUT2D eigenvalue weighted by atomic mass is 32.2. The Labute approximate surface area is 267 Å². The van der Waals surface area contributed by atoms with Crippen LogP contribution in [0.1, 0.15) is 0 Å². The molecule has 44 heavy (non-hydrogen) atoms. The molecule has 5 heterocycles. The summed E-state index contributed by atoms with van der Waals surface area (Å²) in [5.41, 5.74) is 6.80. The van der Waals surface area contributed by atoms with Gasteiger partial charge in [0.2, 0.25) is 0 Å². The van der Waals surface area contributed by atoms with Gasteiger partial charge in [0, 0.05) is 64.1 Å². The Morgan fingerprint density at radius 1 is 0.773 bits per heavy atom. The van der Waals surface area contributed by atoms with E-state index in [0.717, 1.165) is 65.3 Å². The highest BCUT2D eigenvalue weighted by Gasteiger charge is 2.28. The van der Waals surface area contributed by atoms with Crippen LogP contribution in [-0.4, -0.2) is 29.5 Å². The number of aromatic nitrogens is 6. The minimum atomic E-state index is 0.775. The van der Waals surface area contributed by atoms with Gasteiger partial charge in [-0.15, -0.1) is 27.8 Å². The van der Waals surface area contributed by atoms with E-state index in [2.05, 4.69) is 91.7 Å². The Hall–Kier alpha value is -4.61. The van der Waals surface area contributed by atoms with E-state index in [9.17, 15) is 0 Å². The lowest BCUT2D eigenvalue weighted by molar-refractivity contribution is 1.15. The minimum absolute atomic E-state index is 0.775. The number of benzene rings is 4. The van der Waals surface area contributed by atoms with Crippen LogP contribution in [0.3, 0.4) is 0 Å². The summed E-state index contributed by atoms with van der Waals surface area (Å²) in [4.78, 5) is 20.4. The van der Waals surface area contributed by atoms with Crippen LogP contribution in [0.25, 0.3) is 75.7 Å². The number of hydrogen-bond acceptors (Lipinski definition) is 8. The third-order valence-electron chi connectivity index (χ3n) is 7.64. The molecule has 0 saturated carbocycles. The van der Waals surface area contributed by atoms with Gasteiger partial charge in [0.25, 0.3) is 0 Å². The second-order valence-electron chi connectivity index (χ2n) is 10.2. The molecule has 0 spiro atoms. The van der Waals surface area contributed by atoms with Crippen molar-refractivity contribution in [1.82, 2.24) is 29.5 Å². The minimum Gasteiger partial charge on any atom is -0.345 e. The fraction of sp³-hybridized carbons (Fsp3) is 0. The number of imidazole rings is 2. The van der Waals surface area contributed by atoms with Gasteiger partial charge in [-0.1, -0.05) is 64.8 Å². The van der Waals surface area contributed by atoms with Crippen molar-refractivity contribution < 1.29 is 0 Å². The normalized spacial score (nSPS) is 11.7. The number of H-pyrrole nitrogens is 2. The van der Waals surface area contributed by atoms with Crippen molar-refractivity contribution in [2.24, 2.45) is 0 Å². The van der Waals surface area contributed by atoms with Gasteiger partial charge in [-0.25, -0.2) is 9.97 Å². The van der Waals surface area contributed by atoms with Crippen LogP contribution < -0.4 is 0 Å². The molecule has 0 amide bonds. The summed E-state index contributed by atoms with van der Waals surface area (Å²) >= 11 is 6.64. The van der Waals surface area contributed by atoms with Gasteiger partial charge in [0.1, 0.15) is 17.3 Å². The standard InChI is InChI=1S/C34H20N6S4/c1-2-8-20-19(6-1)7-5-11-25(20)43-28-16-21(33-37-22-9-3-4-10-23(22)38-33)30(29-17-27-26(44-29)12-15-41-27)32(34-35-13-14-36-34)31(28)24-18-42-40-39-24/h1-18H,(H,35,36)(H,37,38). The van der Waals surface area contributed by atoms with Gasteiger partial charge in [-0.2, -0.15) is 0 Å². The summed E-state index contributed by atoms with van der Waals surface area (Å²) in [6, 6.07) is 29.9. The van der Waals surface area contributed by atoms with E-state index >= 15 is 0 Å². The van der Waals surface area contributed by atoms with Crippen molar-refractivity contribution in [2.75, 3.05) is 0 Å². The van der Waals surface area contributed by atoms with Crippen LogP contribution in [0.15, 0.2) is 118 Å². The molecule has 0 aliphatic carbocycles. The van der Waals surface area contributed by atoms with Crippen molar-refractivity contribution >= 4 is 77.2 Å². The van der Waals surface area contributed by atoms with Crippen LogP contribution in [0, 0.1) is 0 Å². The third kappa shape index (κ3) is 4.29. The number of thiophene rings is 2. The molecule has 2 N–H and O–H groups in total. The molecule has 5 aromatic heterocycles. The molecule has 0 radical (unpaired) electrons. The first-order valence-electron chi connectivity index (χ1n) is 13.9. The summed E-state index contributed by atoms with van der Waals surface area (Å²) in [5, 5.41) is 11.2. The predicted molar refractivity (Wildman–Crippen MR) is 185 cm³/mol. The Morgan fingerprint density at radius 2 is 1.68 bits per heavy atom. The maximum atomic E-state index is 5.11. The van der Waals surface area contributed by atoms with Crippen molar-refractivity contribution in [1.29, 1.82) is 0 Å². The van der Waals surface area contributed by atoms with E-state index in [-0.39, 0.29) is 0 Å². The predicted octanol–water partition coefficient (Wildman–Crippen LogP) is 10.4. The van der Waals surface area contributed by atoms with Crippen LogP contribution in [-0.2, 0) is 0 Å².